The molecule has 0 bridgehead atoms. The van der Waals surface area contributed by atoms with Gasteiger partial charge in [-0.15, -0.1) is 0 Å². The fourth-order valence-electron chi connectivity index (χ4n) is 12.4. The molecule has 0 aliphatic heterocycles. The van der Waals surface area contributed by atoms with Crippen molar-refractivity contribution in [2.24, 2.45) is 0 Å². The van der Waals surface area contributed by atoms with Crippen molar-refractivity contribution in [1.29, 1.82) is 0 Å². The first kappa shape index (κ1) is 33.0. The molecule has 0 fully saturated rings. The molecule has 17 aromatic carbocycles. The summed E-state index contributed by atoms with van der Waals surface area (Å²) >= 11 is 0. The average Bonchev–Trinajstić information content (AvgIpc) is 0.741. The van der Waals surface area contributed by atoms with E-state index in [4.69, 9.17) is 17.8 Å². The van der Waals surface area contributed by atoms with Gasteiger partial charge in [0.1, 0.15) is 0 Å². The van der Waals surface area contributed by atoms with Crippen molar-refractivity contribution in [3.63, 3.8) is 0 Å². The molecule has 0 nitrogen and oxygen atoms in total. The van der Waals surface area contributed by atoms with Gasteiger partial charge < -0.3 is 0 Å². The van der Waals surface area contributed by atoms with Crippen molar-refractivity contribution in [2.75, 3.05) is 0 Å². The van der Waals surface area contributed by atoms with Gasteiger partial charge in [-0.1, -0.05) is 267 Å². The summed E-state index contributed by atoms with van der Waals surface area (Å²) in [6.07, 6.45) is 0. The summed E-state index contributed by atoms with van der Waals surface area (Å²) in [4.78, 5) is 0. The van der Waals surface area contributed by atoms with Gasteiger partial charge in [0.05, 0.1) is 17.8 Å². The van der Waals surface area contributed by atoms with Crippen LogP contribution in [0.5, 0.6) is 0 Å². The summed E-state index contributed by atoms with van der Waals surface area (Å²) < 4.78 is 114. The highest BCUT2D eigenvalue weighted by atomic mass is 14.2. The zero-order valence-electron chi connectivity index (χ0n) is 54.7. The van der Waals surface area contributed by atoms with Crippen molar-refractivity contribution < 1.29 is 17.8 Å². The minimum Gasteiger partial charge on any atom is -0.0622 e. The molecule has 0 aromatic heterocycles. The van der Waals surface area contributed by atoms with E-state index >= 15 is 0 Å². The minimum atomic E-state index is -0.404. The molecule has 0 N–H and O–H groups in total. The Balaban J connectivity index is 0.000000147. The number of rotatable bonds is 5. The first-order chi connectivity index (χ1) is 44.1. The van der Waals surface area contributed by atoms with Crippen molar-refractivity contribution in [2.45, 2.75) is 0 Å². The van der Waals surface area contributed by atoms with Crippen LogP contribution in [0.4, 0.5) is 0 Å². The molecule has 78 heavy (non-hydrogen) atoms. The zero-order valence-corrected chi connectivity index (χ0v) is 41.7. The van der Waals surface area contributed by atoms with Gasteiger partial charge in [0.25, 0.3) is 0 Å². The minimum absolute atomic E-state index is 0.199. The molecule has 0 unspecified atom stereocenters. The van der Waals surface area contributed by atoms with Gasteiger partial charge in [-0.05, 0) is 188 Å². The van der Waals surface area contributed by atoms with Crippen molar-refractivity contribution in [1.82, 2.24) is 0 Å². The number of hydrogen-bond acceptors (Lipinski definition) is 0. The Kier molecular flexibility index (Phi) is 7.51. The van der Waals surface area contributed by atoms with E-state index in [9.17, 15) is 0 Å². The van der Waals surface area contributed by atoms with Gasteiger partial charge in [0, 0.05) is 0 Å². The van der Waals surface area contributed by atoms with Crippen LogP contribution in [0.25, 0.3) is 163 Å². The van der Waals surface area contributed by atoms with E-state index < -0.39 is 30.2 Å². The van der Waals surface area contributed by atoms with Crippen LogP contribution in [0.2, 0.25) is 0 Å². The topological polar surface area (TPSA) is 0 Å². The first-order valence-corrected chi connectivity index (χ1v) is 26.1. The molecule has 0 amide bonds. The predicted octanol–water partition coefficient (Wildman–Crippen LogP) is 22.1. The van der Waals surface area contributed by atoms with Crippen LogP contribution in [0.15, 0.2) is 291 Å². The van der Waals surface area contributed by atoms with Crippen LogP contribution in [-0.2, 0) is 0 Å². The molecule has 17 rings (SSSR count). The van der Waals surface area contributed by atoms with E-state index in [1.54, 1.807) is 0 Å². The van der Waals surface area contributed by atoms with E-state index in [0.29, 0.717) is 27.8 Å². The van der Waals surface area contributed by atoms with Crippen LogP contribution in [0.1, 0.15) is 17.8 Å². The quantitative estimate of drug-likeness (QED) is 0.119. The van der Waals surface area contributed by atoms with E-state index in [-0.39, 0.29) is 75.4 Å². The van der Waals surface area contributed by atoms with Crippen molar-refractivity contribution in [3.05, 3.63) is 291 Å². The lowest BCUT2D eigenvalue weighted by atomic mass is 9.84. The standard InChI is InChI=1S/C44H26.C34H22/c1-2-6-27(7-3-1)34-24-35(37-20-16-32-14-12-28-8-4-10-30-18-22-39(37)43(32)41(28)30)26-36(25-34)38-21-17-33-15-13-29-9-5-11-31-19-23-40(38)44(33)42(29)31;1-2-12-25-22-26(21-20-23(25)10-1)33-29-15-5-7-17-31(29)34(32-18-8-6-16-30(32)33)28-19-9-13-24-11-3-4-14-27(24)28/h1-26H;1-22H/i1D,2D,3D,6D,7D;5D,6D,7D,8D,15D,16D,17D,18D. The Morgan fingerprint density at radius 2 is 0.603 bits per heavy atom. The highest BCUT2D eigenvalue weighted by molar-refractivity contribution is 6.28. The maximum Gasteiger partial charge on any atom is 0.0629 e. The molecule has 17 aromatic rings. The third-order valence-corrected chi connectivity index (χ3v) is 15.9. The summed E-state index contributed by atoms with van der Waals surface area (Å²) in [7, 11) is 0. The summed E-state index contributed by atoms with van der Waals surface area (Å²) in [6.45, 7) is 0. The lowest BCUT2D eigenvalue weighted by Crippen LogP contribution is -1.91. The first-order valence-electron chi connectivity index (χ1n) is 32.6. The molecule has 0 aliphatic rings. The van der Waals surface area contributed by atoms with Crippen LogP contribution in [0.3, 0.4) is 0 Å². The Morgan fingerprint density at radius 1 is 0.192 bits per heavy atom. The molecule has 0 heterocycles. The number of hydrogen-bond donors (Lipinski definition) is 0. The summed E-state index contributed by atoms with van der Waals surface area (Å²) in [6, 6.07) is 67.5. The maximum absolute atomic E-state index is 9.13. The SMILES string of the molecule is [2H]c1c([2H])c([2H])c(-c2cc(-c3ccc4ccc5cccc6ccc3c4c56)cc(-c3ccc4ccc5cccc6ccc3c4c56)c2)c([2H])c1[2H].[2H]c1c([2H])c([2H])c2c(-c3cccc4ccccc34)c3c([2H])c([2H])c([2H])c([2H])c3c(-c3ccc4ccccc4c3)c2c1[2H]. The second-order valence-corrected chi connectivity index (χ2v) is 20.1. The van der Waals surface area contributed by atoms with Gasteiger partial charge in [-0.2, -0.15) is 0 Å². The molecule has 0 heteroatoms. The van der Waals surface area contributed by atoms with Crippen LogP contribution < -0.4 is 0 Å². The maximum atomic E-state index is 9.13. The fourth-order valence-corrected chi connectivity index (χ4v) is 12.4. The summed E-state index contributed by atoms with van der Waals surface area (Å²) in [5.74, 6) is 0. The fraction of sp³-hybridized carbons (Fsp3) is 0. The van der Waals surface area contributed by atoms with E-state index in [1.807, 2.05) is 97.1 Å². The van der Waals surface area contributed by atoms with Gasteiger partial charge in [-0.25, -0.2) is 0 Å². The van der Waals surface area contributed by atoms with E-state index in [0.717, 1.165) is 65.3 Å². The lowest BCUT2D eigenvalue weighted by Gasteiger charge is -2.19. The normalized spacial score (nSPS) is 14.2. The predicted molar refractivity (Wildman–Crippen MR) is 337 cm³/mol. The van der Waals surface area contributed by atoms with Crippen LogP contribution in [-0.4, -0.2) is 0 Å². The molecule has 0 saturated heterocycles. The molecule has 0 spiro atoms. The third-order valence-electron chi connectivity index (χ3n) is 15.9. The van der Waals surface area contributed by atoms with Crippen molar-refractivity contribution in [3.8, 4) is 55.6 Å². The van der Waals surface area contributed by atoms with Crippen molar-refractivity contribution >= 4 is 108 Å². The van der Waals surface area contributed by atoms with E-state index in [2.05, 4.69) is 115 Å². The number of benzene rings is 17. The molecule has 0 saturated carbocycles. The summed E-state index contributed by atoms with van der Waals surface area (Å²) in [5.41, 5.74) is 6.62. The Labute approximate surface area is 470 Å². The van der Waals surface area contributed by atoms with Gasteiger partial charge in [0.2, 0.25) is 0 Å². The molecular weight excluding hydrogens is 937 g/mol. The molecule has 0 atom stereocenters. The molecule has 360 valence electrons. The van der Waals surface area contributed by atoms with Crippen LogP contribution in [0, 0.1) is 0 Å². The average molecular weight is 998 g/mol. The van der Waals surface area contributed by atoms with Gasteiger partial charge in [-0.3, -0.25) is 0 Å². The Hall–Kier alpha value is -10.1. The second kappa shape index (κ2) is 17.7. The highest BCUT2D eigenvalue weighted by Crippen LogP contribution is 2.47. The number of fused-ring (bicyclic) bond motifs is 4. The highest BCUT2D eigenvalue weighted by Gasteiger charge is 2.20. The van der Waals surface area contributed by atoms with Crippen LogP contribution >= 0.6 is 0 Å². The lowest BCUT2D eigenvalue weighted by molar-refractivity contribution is 1.59. The van der Waals surface area contributed by atoms with E-state index in [1.165, 1.54) is 43.1 Å². The van der Waals surface area contributed by atoms with Gasteiger partial charge >= 0.3 is 0 Å². The second-order valence-electron chi connectivity index (χ2n) is 20.1. The smallest absolute Gasteiger partial charge is 0.0622 e. The summed E-state index contributed by atoms with van der Waals surface area (Å²) in [5, 5.41) is 18.6. The largest absolute Gasteiger partial charge is 0.0629 e. The Morgan fingerprint density at radius 3 is 1.18 bits per heavy atom. The Bertz CT molecular complexity index is 5700. The molecular formula is C78H48. The zero-order chi connectivity index (χ0) is 62.6. The third kappa shape index (κ3) is 7.01. The molecule has 0 aliphatic carbocycles. The monoisotopic (exact) mass is 997 g/mol. The van der Waals surface area contributed by atoms with Gasteiger partial charge in [0.15, 0.2) is 0 Å². The molecule has 0 radical (unpaired) electrons.